The third kappa shape index (κ3) is 2.77. The van der Waals surface area contributed by atoms with Crippen LogP contribution in [0.15, 0.2) is 30.3 Å². The average molecular weight is 336 g/mol. The van der Waals surface area contributed by atoms with Crippen LogP contribution in [-0.4, -0.2) is 30.3 Å². The third-order valence-electron chi connectivity index (χ3n) is 3.25. The van der Waals surface area contributed by atoms with E-state index in [9.17, 15) is 0 Å². The van der Waals surface area contributed by atoms with Crippen molar-refractivity contribution >= 4 is 34.2 Å². The van der Waals surface area contributed by atoms with Crippen LogP contribution >= 0.6 is 23.2 Å². The number of fused-ring (bicyclic) bond motifs is 1. The van der Waals surface area contributed by atoms with Crippen LogP contribution in [0.4, 0.5) is 0 Å². The van der Waals surface area contributed by atoms with Crippen molar-refractivity contribution in [3.05, 3.63) is 46.7 Å². The van der Waals surface area contributed by atoms with E-state index in [0.717, 1.165) is 11.1 Å². The van der Waals surface area contributed by atoms with Gasteiger partial charge >= 0.3 is 0 Å². The number of para-hydroxylation sites is 1. The number of rotatable bonds is 5. The van der Waals surface area contributed by atoms with E-state index in [1.165, 1.54) is 0 Å². The summed E-state index contributed by atoms with van der Waals surface area (Å²) in [4.78, 5) is 7.00. The number of ether oxygens (including phenoxy) is 2. The maximum atomic E-state index is 6.49. The highest BCUT2D eigenvalue weighted by molar-refractivity contribution is 6.42. The molecule has 0 aliphatic carbocycles. The summed E-state index contributed by atoms with van der Waals surface area (Å²) >= 11 is 12.9. The number of halogens is 2. The molecule has 22 heavy (non-hydrogen) atoms. The number of aromatic amines is 1. The number of nitrogens with zero attached hydrogens (tertiary/aromatic N) is 1. The van der Waals surface area contributed by atoms with Gasteiger partial charge in [0.25, 0.3) is 0 Å². The number of imidazole rings is 1. The number of aromatic nitrogens is 2. The van der Waals surface area contributed by atoms with Crippen LogP contribution in [0.1, 0.15) is 0 Å². The minimum absolute atomic E-state index is 0.446. The molecule has 6 heteroatoms. The lowest BCUT2D eigenvalue weighted by molar-refractivity contribution is 0.146. The Labute approximate surface area is 138 Å². The summed E-state index contributed by atoms with van der Waals surface area (Å²) in [5.41, 5.74) is 2.90. The summed E-state index contributed by atoms with van der Waals surface area (Å²) in [7, 11) is 1.63. The Morgan fingerprint density at radius 1 is 1.23 bits per heavy atom. The van der Waals surface area contributed by atoms with Crippen LogP contribution in [0.3, 0.4) is 0 Å². The van der Waals surface area contributed by atoms with E-state index in [2.05, 4.69) is 16.3 Å². The minimum atomic E-state index is 0.446. The van der Waals surface area contributed by atoms with E-state index in [1.807, 2.05) is 24.3 Å². The molecule has 1 N–H and O–H groups in total. The van der Waals surface area contributed by atoms with Crippen molar-refractivity contribution in [1.82, 2.24) is 9.97 Å². The SMILES string of the molecule is COCCOc1ccccc1-c1c(Cl)cc2[nH][c]nc2c1Cl. The second kappa shape index (κ2) is 6.57. The van der Waals surface area contributed by atoms with Gasteiger partial charge in [-0.3, -0.25) is 0 Å². The van der Waals surface area contributed by atoms with Crippen molar-refractivity contribution < 1.29 is 9.47 Å². The van der Waals surface area contributed by atoms with Crippen molar-refractivity contribution in [2.75, 3.05) is 20.3 Å². The summed E-state index contributed by atoms with van der Waals surface area (Å²) in [6, 6.07) is 9.38. The molecule has 2 aromatic carbocycles. The summed E-state index contributed by atoms with van der Waals surface area (Å²) in [5.74, 6) is 0.696. The Bertz CT molecular complexity index is 802. The zero-order valence-corrected chi connectivity index (χ0v) is 13.3. The standard InChI is InChI=1S/C16H13Cl2N2O2/c1-21-6-7-22-13-5-3-2-4-10(13)14-11(17)8-12-16(15(14)18)20-9-19-12/h2-5,8H,6-7H2,1H3,(H,19,20). The number of methoxy groups -OCH3 is 1. The van der Waals surface area contributed by atoms with Crippen LogP contribution in [0.25, 0.3) is 22.2 Å². The Morgan fingerprint density at radius 3 is 2.86 bits per heavy atom. The van der Waals surface area contributed by atoms with E-state index in [1.54, 1.807) is 13.2 Å². The van der Waals surface area contributed by atoms with Crippen molar-refractivity contribution in [3.63, 3.8) is 0 Å². The van der Waals surface area contributed by atoms with Gasteiger partial charge in [-0.05, 0) is 12.1 Å². The minimum Gasteiger partial charge on any atom is -0.491 e. The highest BCUT2D eigenvalue weighted by Gasteiger charge is 2.17. The van der Waals surface area contributed by atoms with E-state index in [0.29, 0.717) is 40.1 Å². The predicted octanol–water partition coefficient (Wildman–Crippen LogP) is 4.36. The van der Waals surface area contributed by atoms with Crippen LogP contribution < -0.4 is 4.74 Å². The Kier molecular flexibility index (Phi) is 4.52. The Balaban J connectivity index is 2.11. The highest BCUT2D eigenvalue weighted by atomic mass is 35.5. The number of hydrogen-bond acceptors (Lipinski definition) is 3. The van der Waals surface area contributed by atoms with Gasteiger partial charge in [-0.2, -0.15) is 0 Å². The number of nitrogens with one attached hydrogen (secondary N) is 1. The van der Waals surface area contributed by atoms with Gasteiger partial charge in [0.2, 0.25) is 0 Å². The van der Waals surface area contributed by atoms with Crippen LogP contribution in [0.5, 0.6) is 5.75 Å². The Morgan fingerprint density at radius 2 is 2.05 bits per heavy atom. The number of benzene rings is 2. The van der Waals surface area contributed by atoms with E-state index in [4.69, 9.17) is 32.7 Å². The smallest absolute Gasteiger partial charge is 0.174 e. The molecule has 0 atom stereocenters. The van der Waals surface area contributed by atoms with Gasteiger partial charge in [-0.25, -0.2) is 4.98 Å². The van der Waals surface area contributed by atoms with Crippen molar-refractivity contribution in [2.24, 2.45) is 0 Å². The zero-order chi connectivity index (χ0) is 15.5. The molecule has 0 fully saturated rings. The summed E-state index contributed by atoms with van der Waals surface area (Å²) in [6.45, 7) is 0.949. The summed E-state index contributed by atoms with van der Waals surface area (Å²) in [6.07, 6.45) is 2.68. The lowest BCUT2D eigenvalue weighted by Crippen LogP contribution is -2.05. The van der Waals surface area contributed by atoms with Crippen molar-refractivity contribution in [1.29, 1.82) is 0 Å². The normalized spacial score (nSPS) is 11.0. The first-order valence-corrected chi connectivity index (χ1v) is 7.43. The lowest BCUT2D eigenvalue weighted by Gasteiger charge is -2.14. The molecule has 0 amide bonds. The largest absolute Gasteiger partial charge is 0.491 e. The van der Waals surface area contributed by atoms with Crippen LogP contribution in [0, 0.1) is 6.33 Å². The van der Waals surface area contributed by atoms with Crippen molar-refractivity contribution in [2.45, 2.75) is 0 Å². The molecule has 0 spiro atoms. The molecular weight excluding hydrogens is 323 g/mol. The lowest BCUT2D eigenvalue weighted by atomic mass is 10.0. The molecule has 0 aliphatic rings. The van der Waals surface area contributed by atoms with Crippen molar-refractivity contribution in [3.8, 4) is 16.9 Å². The molecular formula is C16H13Cl2N2O2. The first-order chi connectivity index (χ1) is 10.7. The fourth-order valence-electron chi connectivity index (χ4n) is 2.24. The molecule has 0 aliphatic heterocycles. The van der Waals surface area contributed by atoms with Gasteiger partial charge in [-0.15, -0.1) is 0 Å². The molecule has 3 rings (SSSR count). The predicted molar refractivity (Wildman–Crippen MR) is 87.8 cm³/mol. The first kappa shape index (κ1) is 15.2. The summed E-state index contributed by atoms with van der Waals surface area (Å²) in [5, 5.41) is 1.00. The molecule has 1 heterocycles. The topological polar surface area (TPSA) is 47.1 Å². The van der Waals surface area contributed by atoms with Crippen LogP contribution in [0.2, 0.25) is 10.0 Å². The van der Waals surface area contributed by atoms with Gasteiger partial charge in [0.15, 0.2) is 6.33 Å². The van der Waals surface area contributed by atoms with E-state index in [-0.39, 0.29) is 0 Å². The summed E-state index contributed by atoms with van der Waals surface area (Å²) < 4.78 is 10.8. The molecule has 0 bridgehead atoms. The number of H-pyrrole nitrogens is 1. The molecule has 0 unspecified atom stereocenters. The fourth-order valence-corrected chi connectivity index (χ4v) is 2.94. The molecule has 0 saturated carbocycles. The van der Waals surface area contributed by atoms with Gasteiger partial charge in [0, 0.05) is 18.2 Å². The quantitative estimate of drug-likeness (QED) is 0.704. The third-order valence-corrected chi connectivity index (χ3v) is 3.92. The van der Waals surface area contributed by atoms with E-state index < -0.39 is 0 Å². The highest BCUT2D eigenvalue weighted by Crippen LogP contribution is 2.42. The molecule has 1 aromatic heterocycles. The fraction of sp³-hybridized carbons (Fsp3) is 0.188. The second-order valence-corrected chi connectivity index (χ2v) is 5.41. The monoisotopic (exact) mass is 335 g/mol. The van der Waals surface area contributed by atoms with Gasteiger partial charge in [0.1, 0.15) is 17.9 Å². The molecule has 4 nitrogen and oxygen atoms in total. The first-order valence-electron chi connectivity index (χ1n) is 6.67. The second-order valence-electron chi connectivity index (χ2n) is 4.63. The van der Waals surface area contributed by atoms with Gasteiger partial charge in [0.05, 0.1) is 22.2 Å². The Hall–Kier alpha value is -1.75. The average Bonchev–Trinajstić information content (AvgIpc) is 2.97. The molecule has 0 saturated heterocycles. The van der Waals surface area contributed by atoms with E-state index >= 15 is 0 Å². The molecule has 113 valence electrons. The molecule has 1 radical (unpaired) electrons. The maximum absolute atomic E-state index is 6.49. The van der Waals surface area contributed by atoms with Crippen LogP contribution in [-0.2, 0) is 4.74 Å². The van der Waals surface area contributed by atoms with Gasteiger partial charge in [-0.1, -0.05) is 41.4 Å². The maximum Gasteiger partial charge on any atom is 0.174 e. The van der Waals surface area contributed by atoms with Gasteiger partial charge < -0.3 is 14.5 Å². The number of hydrogen-bond donors (Lipinski definition) is 1. The zero-order valence-electron chi connectivity index (χ0n) is 11.8. The molecule has 3 aromatic rings.